The van der Waals surface area contributed by atoms with Gasteiger partial charge in [0.2, 0.25) is 0 Å². The van der Waals surface area contributed by atoms with Crippen LogP contribution in [0.1, 0.15) is 31.4 Å². The number of nitrogens with two attached hydrogens (primary N) is 1. The molecule has 112 valence electrons. The zero-order valence-electron chi connectivity index (χ0n) is 11.4. The van der Waals surface area contributed by atoms with E-state index in [1.54, 1.807) is 0 Å². The molecule has 0 bridgehead atoms. The predicted molar refractivity (Wildman–Crippen MR) is 69.2 cm³/mol. The molecule has 0 aromatic heterocycles. The molecule has 2 unspecified atom stereocenters. The fraction of sp³-hybridized carbons (Fsp3) is 0.500. The normalized spacial score (nSPS) is 16.5. The van der Waals surface area contributed by atoms with Crippen molar-refractivity contribution in [2.24, 2.45) is 11.7 Å². The molecule has 0 aliphatic rings. The van der Waals surface area contributed by atoms with Gasteiger partial charge < -0.3 is 10.8 Å². The monoisotopic (exact) mass is 289 g/mol. The molecule has 3 N–H and O–H groups in total. The van der Waals surface area contributed by atoms with Gasteiger partial charge in [-0.3, -0.25) is 4.79 Å². The molecule has 0 aliphatic heterocycles. The van der Waals surface area contributed by atoms with Crippen LogP contribution in [0.15, 0.2) is 24.3 Å². The molecule has 0 heterocycles. The molecule has 1 aromatic carbocycles. The first-order chi connectivity index (χ1) is 9.02. The van der Waals surface area contributed by atoms with Crippen LogP contribution in [-0.4, -0.2) is 16.6 Å². The van der Waals surface area contributed by atoms with E-state index in [1.165, 1.54) is 19.1 Å². The highest BCUT2D eigenvalue weighted by atomic mass is 19.4. The van der Waals surface area contributed by atoms with Crippen LogP contribution in [0.2, 0.25) is 0 Å². The van der Waals surface area contributed by atoms with E-state index in [4.69, 9.17) is 10.8 Å². The van der Waals surface area contributed by atoms with Gasteiger partial charge in [0, 0.05) is 0 Å². The molecule has 6 heteroatoms. The quantitative estimate of drug-likeness (QED) is 0.875. The van der Waals surface area contributed by atoms with E-state index in [2.05, 4.69) is 0 Å². The molecule has 0 spiro atoms. The first-order valence-corrected chi connectivity index (χ1v) is 6.21. The summed E-state index contributed by atoms with van der Waals surface area (Å²) in [6.07, 6.45) is -3.61. The third-order valence-corrected chi connectivity index (χ3v) is 3.13. The number of aliphatic carboxylic acids is 1. The predicted octanol–water partition coefficient (Wildman–Crippen LogP) is 3.08. The van der Waals surface area contributed by atoms with Gasteiger partial charge in [-0.15, -0.1) is 0 Å². The highest BCUT2D eigenvalue weighted by Gasteiger charge is 2.31. The van der Waals surface area contributed by atoms with E-state index in [0.29, 0.717) is 6.42 Å². The van der Waals surface area contributed by atoms with E-state index in [-0.39, 0.29) is 12.3 Å². The number of rotatable bonds is 5. The van der Waals surface area contributed by atoms with Crippen LogP contribution < -0.4 is 5.73 Å². The lowest BCUT2D eigenvalue weighted by atomic mass is 9.87. The van der Waals surface area contributed by atoms with Crippen LogP contribution in [0, 0.1) is 5.92 Å². The maximum Gasteiger partial charge on any atom is 0.416 e. The fourth-order valence-corrected chi connectivity index (χ4v) is 2.12. The Morgan fingerprint density at radius 1 is 1.30 bits per heavy atom. The maximum absolute atomic E-state index is 12.4. The average Bonchev–Trinajstić information content (AvgIpc) is 2.27. The van der Waals surface area contributed by atoms with Crippen LogP contribution >= 0.6 is 0 Å². The van der Waals surface area contributed by atoms with Crippen molar-refractivity contribution >= 4 is 5.97 Å². The number of hydrogen-bond donors (Lipinski definition) is 2. The van der Waals surface area contributed by atoms with Gasteiger partial charge in [0.1, 0.15) is 5.54 Å². The summed E-state index contributed by atoms with van der Waals surface area (Å²) in [7, 11) is 0. The first-order valence-electron chi connectivity index (χ1n) is 6.21. The lowest BCUT2D eigenvalue weighted by Gasteiger charge is -2.23. The second-order valence-corrected chi connectivity index (χ2v) is 5.43. The molecule has 1 aromatic rings. The third-order valence-electron chi connectivity index (χ3n) is 3.13. The number of benzene rings is 1. The highest BCUT2D eigenvalue weighted by molar-refractivity contribution is 5.77. The molecule has 0 aliphatic carbocycles. The SMILES string of the molecule is CC(Cc1ccc(C(F)(F)F)cc1)CC(C)(N)C(=O)O. The summed E-state index contributed by atoms with van der Waals surface area (Å²) in [5.74, 6) is -1.13. The van der Waals surface area contributed by atoms with Gasteiger partial charge in [-0.2, -0.15) is 13.2 Å². The lowest BCUT2D eigenvalue weighted by molar-refractivity contribution is -0.143. The smallest absolute Gasteiger partial charge is 0.416 e. The lowest BCUT2D eigenvalue weighted by Crippen LogP contribution is -2.46. The minimum Gasteiger partial charge on any atom is -0.480 e. The summed E-state index contributed by atoms with van der Waals surface area (Å²) < 4.78 is 37.2. The summed E-state index contributed by atoms with van der Waals surface area (Å²) in [5.41, 5.74) is 4.36. The molecule has 0 fully saturated rings. The maximum atomic E-state index is 12.4. The Morgan fingerprint density at radius 3 is 2.20 bits per heavy atom. The summed E-state index contributed by atoms with van der Waals surface area (Å²) >= 11 is 0. The second kappa shape index (κ2) is 5.83. The van der Waals surface area contributed by atoms with E-state index in [1.807, 2.05) is 6.92 Å². The van der Waals surface area contributed by atoms with Crippen molar-refractivity contribution in [1.29, 1.82) is 0 Å². The Balaban J connectivity index is 2.68. The average molecular weight is 289 g/mol. The molecule has 1 rings (SSSR count). The molecule has 20 heavy (non-hydrogen) atoms. The van der Waals surface area contributed by atoms with Crippen molar-refractivity contribution < 1.29 is 23.1 Å². The molecule has 0 amide bonds. The molecule has 0 radical (unpaired) electrons. The van der Waals surface area contributed by atoms with Crippen LogP contribution in [0.5, 0.6) is 0 Å². The standard InChI is InChI=1S/C14H18F3NO2/c1-9(8-13(2,18)12(19)20)7-10-3-5-11(6-4-10)14(15,16)17/h3-6,9H,7-8,18H2,1-2H3,(H,19,20). The minimum atomic E-state index is -4.34. The number of alkyl halides is 3. The number of halogens is 3. The van der Waals surface area contributed by atoms with E-state index < -0.39 is 23.2 Å². The Hall–Kier alpha value is -1.56. The van der Waals surface area contributed by atoms with Crippen molar-refractivity contribution in [2.75, 3.05) is 0 Å². The molecule has 2 atom stereocenters. The Kier molecular flexibility index (Phi) is 4.81. The second-order valence-electron chi connectivity index (χ2n) is 5.43. The van der Waals surface area contributed by atoms with Crippen molar-refractivity contribution in [2.45, 2.75) is 38.4 Å². The van der Waals surface area contributed by atoms with Crippen molar-refractivity contribution in [3.05, 3.63) is 35.4 Å². The first kappa shape index (κ1) is 16.5. The van der Waals surface area contributed by atoms with E-state index >= 15 is 0 Å². The third kappa shape index (κ3) is 4.52. The van der Waals surface area contributed by atoms with Crippen LogP contribution in [0.3, 0.4) is 0 Å². The van der Waals surface area contributed by atoms with E-state index in [9.17, 15) is 18.0 Å². The number of carbonyl (C=O) groups is 1. The van der Waals surface area contributed by atoms with Gasteiger partial charge in [0.05, 0.1) is 5.56 Å². The number of carboxylic acid groups (broad SMARTS) is 1. The summed E-state index contributed by atoms with van der Waals surface area (Å²) in [6, 6.07) is 4.88. The van der Waals surface area contributed by atoms with Crippen molar-refractivity contribution in [1.82, 2.24) is 0 Å². The minimum absolute atomic E-state index is 0.0437. The van der Waals surface area contributed by atoms with Crippen LogP contribution in [-0.2, 0) is 17.4 Å². The molecular formula is C14H18F3NO2. The van der Waals surface area contributed by atoms with Gasteiger partial charge in [0.25, 0.3) is 0 Å². The summed E-state index contributed by atoms with van der Waals surface area (Å²) in [6.45, 7) is 3.25. The largest absolute Gasteiger partial charge is 0.480 e. The van der Waals surface area contributed by atoms with Crippen molar-refractivity contribution in [3.63, 3.8) is 0 Å². The summed E-state index contributed by atoms with van der Waals surface area (Å²) in [5, 5.41) is 8.93. The Bertz CT molecular complexity index is 466. The zero-order valence-corrected chi connectivity index (χ0v) is 11.4. The van der Waals surface area contributed by atoms with Gasteiger partial charge in [0.15, 0.2) is 0 Å². The van der Waals surface area contributed by atoms with Crippen LogP contribution in [0.4, 0.5) is 13.2 Å². The number of hydrogen-bond acceptors (Lipinski definition) is 2. The van der Waals surface area contributed by atoms with Gasteiger partial charge in [-0.1, -0.05) is 19.1 Å². The molecule has 0 saturated carbocycles. The molecule has 0 saturated heterocycles. The molecule has 3 nitrogen and oxygen atoms in total. The van der Waals surface area contributed by atoms with E-state index in [0.717, 1.165) is 17.7 Å². The fourth-order valence-electron chi connectivity index (χ4n) is 2.12. The highest BCUT2D eigenvalue weighted by Crippen LogP contribution is 2.29. The Labute approximate surface area is 115 Å². The topological polar surface area (TPSA) is 63.3 Å². The van der Waals surface area contributed by atoms with Crippen LogP contribution in [0.25, 0.3) is 0 Å². The van der Waals surface area contributed by atoms with Gasteiger partial charge in [-0.25, -0.2) is 0 Å². The molecular weight excluding hydrogens is 271 g/mol. The zero-order chi connectivity index (χ0) is 15.6. The van der Waals surface area contributed by atoms with Crippen molar-refractivity contribution in [3.8, 4) is 0 Å². The Morgan fingerprint density at radius 2 is 1.80 bits per heavy atom. The summed E-state index contributed by atoms with van der Waals surface area (Å²) in [4.78, 5) is 10.9. The van der Waals surface area contributed by atoms with Gasteiger partial charge >= 0.3 is 12.1 Å². The number of carboxylic acids is 1. The van der Waals surface area contributed by atoms with Gasteiger partial charge in [-0.05, 0) is 43.4 Å².